The Morgan fingerprint density at radius 1 is 1.52 bits per heavy atom. The molecule has 0 amide bonds. The smallest absolute Gasteiger partial charge is 0.313 e. The highest BCUT2D eigenvalue weighted by atomic mass is 32.2. The Bertz CT molecular complexity index is 687. The van der Waals surface area contributed by atoms with E-state index < -0.39 is 16.8 Å². The van der Waals surface area contributed by atoms with E-state index in [2.05, 4.69) is 4.98 Å². The van der Waals surface area contributed by atoms with Crippen molar-refractivity contribution in [2.24, 2.45) is 0 Å². The van der Waals surface area contributed by atoms with Crippen LogP contribution in [0.1, 0.15) is 6.42 Å². The quantitative estimate of drug-likeness (QED) is 0.787. The van der Waals surface area contributed by atoms with Crippen LogP contribution in [0.3, 0.4) is 0 Å². The summed E-state index contributed by atoms with van der Waals surface area (Å²) in [6.45, 7) is 0.529. The first-order chi connectivity index (χ1) is 9.97. The van der Waals surface area contributed by atoms with Crippen LogP contribution in [0.4, 0.5) is 4.39 Å². The summed E-state index contributed by atoms with van der Waals surface area (Å²) < 4.78 is 26.3. The van der Waals surface area contributed by atoms with Gasteiger partial charge >= 0.3 is 5.97 Å². The molecule has 0 aliphatic heterocycles. The van der Waals surface area contributed by atoms with Gasteiger partial charge in [-0.25, -0.2) is 9.37 Å². The standard InChI is InChI=1S/C13H15FN2O3S2/c1-21(19)6-2-5-16-11-7-9(14)3-4-10(11)15-13(16)20-8-12(17)18/h3-4,7H,2,5-6,8H2,1H3,(H,17,18). The largest absolute Gasteiger partial charge is 0.481 e. The van der Waals surface area contributed by atoms with Crippen LogP contribution in [0.2, 0.25) is 0 Å². The molecule has 8 heteroatoms. The van der Waals surface area contributed by atoms with Crippen LogP contribution in [0.15, 0.2) is 23.4 Å². The summed E-state index contributed by atoms with van der Waals surface area (Å²) >= 11 is 1.10. The van der Waals surface area contributed by atoms with Gasteiger partial charge in [-0.1, -0.05) is 11.8 Å². The van der Waals surface area contributed by atoms with Crippen LogP contribution in [0.5, 0.6) is 0 Å². The lowest BCUT2D eigenvalue weighted by atomic mass is 10.3. The highest BCUT2D eigenvalue weighted by molar-refractivity contribution is 7.99. The minimum Gasteiger partial charge on any atom is -0.481 e. The van der Waals surface area contributed by atoms with E-state index in [1.54, 1.807) is 16.9 Å². The molecule has 2 aromatic rings. The van der Waals surface area contributed by atoms with E-state index in [0.717, 1.165) is 11.8 Å². The van der Waals surface area contributed by atoms with Gasteiger partial charge in [0.25, 0.3) is 0 Å². The number of benzene rings is 1. The van der Waals surface area contributed by atoms with Crippen molar-refractivity contribution in [2.45, 2.75) is 18.1 Å². The van der Waals surface area contributed by atoms with Crippen LogP contribution in [0, 0.1) is 5.82 Å². The van der Waals surface area contributed by atoms with E-state index in [1.165, 1.54) is 12.1 Å². The fourth-order valence-electron chi connectivity index (χ4n) is 1.95. The Morgan fingerprint density at radius 2 is 2.29 bits per heavy atom. The van der Waals surface area contributed by atoms with Gasteiger partial charge in [0, 0.05) is 29.4 Å². The van der Waals surface area contributed by atoms with E-state index in [4.69, 9.17) is 5.11 Å². The maximum Gasteiger partial charge on any atom is 0.313 e. The average molecular weight is 330 g/mol. The second-order valence-corrected chi connectivity index (χ2v) is 6.99. The zero-order valence-corrected chi connectivity index (χ0v) is 13.0. The molecular weight excluding hydrogens is 315 g/mol. The third kappa shape index (κ3) is 4.28. The van der Waals surface area contributed by atoms with E-state index in [0.29, 0.717) is 34.9 Å². The topological polar surface area (TPSA) is 72.2 Å². The molecule has 21 heavy (non-hydrogen) atoms. The van der Waals surface area contributed by atoms with Crippen LogP contribution in [0.25, 0.3) is 11.0 Å². The molecule has 0 saturated heterocycles. The maximum absolute atomic E-state index is 13.4. The number of hydrogen-bond acceptors (Lipinski definition) is 4. The number of aryl methyl sites for hydroxylation is 1. The Kier molecular flexibility index (Phi) is 5.35. The number of carboxylic acid groups (broad SMARTS) is 1. The molecule has 1 aromatic carbocycles. The van der Waals surface area contributed by atoms with Gasteiger partial charge in [0.15, 0.2) is 5.16 Å². The normalized spacial score (nSPS) is 12.7. The van der Waals surface area contributed by atoms with Gasteiger partial charge in [-0.15, -0.1) is 0 Å². The lowest BCUT2D eigenvalue weighted by Crippen LogP contribution is -2.06. The summed E-state index contributed by atoms with van der Waals surface area (Å²) in [6.07, 6.45) is 2.29. The van der Waals surface area contributed by atoms with E-state index in [1.807, 2.05) is 0 Å². The maximum atomic E-state index is 13.4. The van der Waals surface area contributed by atoms with Crippen molar-refractivity contribution in [2.75, 3.05) is 17.8 Å². The van der Waals surface area contributed by atoms with Gasteiger partial charge in [0.05, 0.1) is 16.8 Å². The minimum absolute atomic E-state index is 0.106. The Hall–Kier alpha value is -1.41. The van der Waals surface area contributed by atoms with Gasteiger partial charge in [0.2, 0.25) is 0 Å². The molecule has 0 aliphatic carbocycles. The molecule has 0 radical (unpaired) electrons. The number of aliphatic carboxylic acids is 1. The molecule has 1 N–H and O–H groups in total. The molecule has 1 heterocycles. The third-order valence-corrected chi connectivity index (χ3v) is 4.64. The lowest BCUT2D eigenvalue weighted by Gasteiger charge is -2.07. The van der Waals surface area contributed by atoms with Gasteiger partial charge < -0.3 is 9.67 Å². The number of carboxylic acids is 1. The Morgan fingerprint density at radius 3 is 2.95 bits per heavy atom. The summed E-state index contributed by atoms with van der Waals surface area (Å²) in [7, 11) is -0.892. The molecule has 2 rings (SSSR count). The predicted molar refractivity (Wildman–Crippen MR) is 81.6 cm³/mol. The fraction of sp³-hybridized carbons (Fsp3) is 0.385. The van der Waals surface area contributed by atoms with Gasteiger partial charge in [-0.3, -0.25) is 9.00 Å². The highest BCUT2D eigenvalue weighted by Gasteiger charge is 2.13. The number of fused-ring (bicyclic) bond motifs is 1. The van der Waals surface area contributed by atoms with Crippen LogP contribution >= 0.6 is 11.8 Å². The van der Waals surface area contributed by atoms with Crippen LogP contribution in [-0.2, 0) is 22.1 Å². The number of aromatic nitrogens is 2. The third-order valence-electron chi connectivity index (χ3n) is 2.81. The molecule has 0 saturated carbocycles. The van der Waals surface area contributed by atoms with Crippen molar-refractivity contribution < 1.29 is 18.5 Å². The van der Waals surface area contributed by atoms with Gasteiger partial charge in [-0.2, -0.15) is 0 Å². The van der Waals surface area contributed by atoms with E-state index in [-0.39, 0.29) is 11.6 Å². The summed E-state index contributed by atoms with van der Waals surface area (Å²) in [5.41, 5.74) is 1.26. The Labute approximate surface area is 128 Å². The molecule has 1 unspecified atom stereocenters. The van der Waals surface area contributed by atoms with Crippen molar-refractivity contribution in [3.8, 4) is 0 Å². The summed E-state index contributed by atoms with van der Waals surface area (Å²) in [4.78, 5) is 15.0. The molecule has 0 spiro atoms. The molecular formula is C13H15FN2O3S2. The zero-order valence-electron chi connectivity index (χ0n) is 11.4. The van der Waals surface area contributed by atoms with Crippen molar-refractivity contribution in [3.05, 3.63) is 24.0 Å². The van der Waals surface area contributed by atoms with Crippen molar-refractivity contribution >= 4 is 39.6 Å². The number of nitrogens with zero attached hydrogens (tertiary/aromatic N) is 2. The molecule has 0 aliphatic rings. The summed E-state index contributed by atoms with van der Waals surface area (Å²) in [5.74, 6) is -0.860. The van der Waals surface area contributed by atoms with Gasteiger partial charge in [0.1, 0.15) is 5.82 Å². The van der Waals surface area contributed by atoms with E-state index in [9.17, 15) is 13.4 Å². The van der Waals surface area contributed by atoms with Gasteiger partial charge in [-0.05, 0) is 24.6 Å². The average Bonchev–Trinajstić information content (AvgIpc) is 2.74. The zero-order chi connectivity index (χ0) is 15.4. The molecule has 1 aromatic heterocycles. The second-order valence-electron chi connectivity index (χ2n) is 4.49. The van der Waals surface area contributed by atoms with Crippen LogP contribution < -0.4 is 0 Å². The molecule has 0 bridgehead atoms. The number of thioether (sulfide) groups is 1. The molecule has 5 nitrogen and oxygen atoms in total. The number of rotatable bonds is 7. The first-order valence-corrected chi connectivity index (χ1v) is 8.99. The number of hydrogen-bond donors (Lipinski definition) is 1. The number of halogens is 1. The highest BCUT2D eigenvalue weighted by Crippen LogP contribution is 2.25. The fourth-order valence-corrected chi connectivity index (χ4v) is 3.25. The summed E-state index contributed by atoms with van der Waals surface area (Å²) in [5, 5.41) is 9.32. The first-order valence-electron chi connectivity index (χ1n) is 6.28. The van der Waals surface area contributed by atoms with E-state index >= 15 is 0 Å². The lowest BCUT2D eigenvalue weighted by molar-refractivity contribution is -0.133. The number of carbonyl (C=O) groups is 1. The first kappa shape index (κ1) is 16.0. The monoisotopic (exact) mass is 330 g/mol. The van der Waals surface area contributed by atoms with Crippen molar-refractivity contribution in [1.82, 2.24) is 9.55 Å². The predicted octanol–water partition coefficient (Wildman–Crippen LogP) is 2.12. The molecule has 1 atom stereocenters. The molecule has 114 valence electrons. The minimum atomic E-state index is -0.931. The summed E-state index contributed by atoms with van der Waals surface area (Å²) in [6, 6.07) is 4.28. The second kappa shape index (κ2) is 7.04. The Balaban J connectivity index is 2.30. The van der Waals surface area contributed by atoms with Crippen molar-refractivity contribution in [1.29, 1.82) is 0 Å². The van der Waals surface area contributed by atoms with Crippen molar-refractivity contribution in [3.63, 3.8) is 0 Å². The van der Waals surface area contributed by atoms with Crippen LogP contribution in [-0.4, -0.2) is 42.6 Å². The molecule has 0 fully saturated rings. The SMILES string of the molecule is CS(=O)CCCn1c(SCC(=O)O)nc2ccc(F)cc21. The number of imidazole rings is 1.